The number of carboxylic acids is 1. The van der Waals surface area contributed by atoms with Crippen LogP contribution in [0.5, 0.6) is 5.75 Å². The molecule has 2 aromatic carbocycles. The molecule has 0 bridgehead atoms. The lowest BCUT2D eigenvalue weighted by molar-refractivity contribution is -0.142. The zero-order valence-corrected chi connectivity index (χ0v) is 18.1. The van der Waals surface area contributed by atoms with E-state index >= 15 is 0 Å². The summed E-state index contributed by atoms with van der Waals surface area (Å²) in [5.41, 5.74) is 2.07. The van der Waals surface area contributed by atoms with Gasteiger partial charge in [-0.25, -0.2) is 0 Å². The number of rotatable bonds is 11. The minimum absolute atomic E-state index is 0.175. The van der Waals surface area contributed by atoms with Crippen molar-refractivity contribution in [2.24, 2.45) is 5.92 Å². The largest absolute Gasteiger partial charge is 0.489 e. The summed E-state index contributed by atoms with van der Waals surface area (Å²) < 4.78 is 5.76. The SMILES string of the molecule is CC(NC(=O)C(NC(=O)CCc1ccc(OCc2ccccc2)cc1)C(C)C)C(=O)O. The molecule has 166 valence electrons. The molecule has 3 N–H and O–H groups in total. The molecule has 0 aliphatic rings. The summed E-state index contributed by atoms with van der Waals surface area (Å²) in [6.45, 7) is 5.46. The molecule has 2 atom stereocenters. The maximum absolute atomic E-state index is 12.3. The molecule has 7 nitrogen and oxygen atoms in total. The van der Waals surface area contributed by atoms with Gasteiger partial charge in [0.15, 0.2) is 0 Å². The van der Waals surface area contributed by atoms with E-state index in [9.17, 15) is 14.4 Å². The summed E-state index contributed by atoms with van der Waals surface area (Å²) in [5.74, 6) is -1.31. The van der Waals surface area contributed by atoms with Crippen LogP contribution in [0.1, 0.15) is 38.3 Å². The summed E-state index contributed by atoms with van der Waals surface area (Å²) >= 11 is 0. The van der Waals surface area contributed by atoms with E-state index < -0.39 is 24.0 Å². The average molecular weight is 427 g/mol. The van der Waals surface area contributed by atoms with Gasteiger partial charge in [0.25, 0.3) is 0 Å². The number of ether oxygens (including phenoxy) is 1. The molecule has 2 aromatic rings. The topological polar surface area (TPSA) is 105 Å². The normalized spacial score (nSPS) is 12.6. The monoisotopic (exact) mass is 426 g/mol. The van der Waals surface area contributed by atoms with Gasteiger partial charge in [-0.15, -0.1) is 0 Å². The van der Waals surface area contributed by atoms with Crippen molar-refractivity contribution in [1.82, 2.24) is 10.6 Å². The lowest BCUT2D eigenvalue weighted by Gasteiger charge is -2.23. The third-order valence-corrected chi connectivity index (χ3v) is 4.81. The van der Waals surface area contributed by atoms with E-state index in [1.165, 1.54) is 6.92 Å². The van der Waals surface area contributed by atoms with Crippen molar-refractivity contribution in [2.75, 3.05) is 0 Å². The Morgan fingerprint density at radius 3 is 2.13 bits per heavy atom. The van der Waals surface area contributed by atoms with Crippen molar-refractivity contribution in [3.63, 3.8) is 0 Å². The zero-order chi connectivity index (χ0) is 22.8. The highest BCUT2D eigenvalue weighted by Gasteiger charge is 2.26. The Hall–Kier alpha value is -3.35. The number of benzene rings is 2. The number of hydrogen-bond donors (Lipinski definition) is 3. The fourth-order valence-electron chi connectivity index (χ4n) is 2.90. The molecule has 0 saturated heterocycles. The number of carboxylic acid groups (broad SMARTS) is 1. The number of nitrogens with one attached hydrogen (secondary N) is 2. The molecule has 0 spiro atoms. The first-order chi connectivity index (χ1) is 14.8. The van der Waals surface area contributed by atoms with Crippen LogP contribution in [0.3, 0.4) is 0 Å². The molecule has 0 heterocycles. The van der Waals surface area contributed by atoms with E-state index in [4.69, 9.17) is 9.84 Å². The third-order valence-electron chi connectivity index (χ3n) is 4.81. The van der Waals surface area contributed by atoms with Crippen molar-refractivity contribution in [3.05, 3.63) is 65.7 Å². The second-order valence-electron chi connectivity index (χ2n) is 7.78. The fourth-order valence-corrected chi connectivity index (χ4v) is 2.90. The minimum atomic E-state index is -1.13. The van der Waals surface area contributed by atoms with Crippen LogP contribution in [0.25, 0.3) is 0 Å². The number of aryl methyl sites for hydroxylation is 1. The second-order valence-corrected chi connectivity index (χ2v) is 7.78. The summed E-state index contributed by atoms with van der Waals surface area (Å²) in [7, 11) is 0. The Balaban J connectivity index is 1.82. The maximum Gasteiger partial charge on any atom is 0.325 e. The van der Waals surface area contributed by atoms with Crippen molar-refractivity contribution in [1.29, 1.82) is 0 Å². The molecule has 2 unspecified atom stereocenters. The van der Waals surface area contributed by atoms with Gasteiger partial charge in [0, 0.05) is 6.42 Å². The quantitative estimate of drug-likeness (QED) is 0.512. The molecular weight excluding hydrogens is 396 g/mol. The average Bonchev–Trinajstić information content (AvgIpc) is 2.75. The van der Waals surface area contributed by atoms with E-state index in [2.05, 4.69) is 10.6 Å². The van der Waals surface area contributed by atoms with Crippen LogP contribution in [0.4, 0.5) is 0 Å². The summed E-state index contributed by atoms with van der Waals surface area (Å²) in [6, 6.07) is 15.6. The molecule has 0 aliphatic carbocycles. The fraction of sp³-hybridized carbons (Fsp3) is 0.375. The molecule has 2 rings (SSSR count). The van der Waals surface area contributed by atoms with Gasteiger partial charge in [-0.05, 0) is 42.5 Å². The van der Waals surface area contributed by atoms with Crippen LogP contribution in [0.2, 0.25) is 0 Å². The predicted octanol–water partition coefficient (Wildman–Crippen LogP) is 2.93. The lowest BCUT2D eigenvalue weighted by Crippen LogP contribution is -2.53. The number of hydrogen-bond acceptors (Lipinski definition) is 4. The molecular formula is C24H30N2O5. The van der Waals surface area contributed by atoms with Gasteiger partial charge >= 0.3 is 5.97 Å². The first-order valence-corrected chi connectivity index (χ1v) is 10.3. The summed E-state index contributed by atoms with van der Waals surface area (Å²) in [5, 5.41) is 14.1. The molecule has 2 amide bonds. The van der Waals surface area contributed by atoms with Crippen LogP contribution in [-0.4, -0.2) is 35.0 Å². The number of carbonyl (C=O) groups is 3. The third kappa shape index (κ3) is 8.12. The van der Waals surface area contributed by atoms with Gasteiger partial charge in [-0.1, -0.05) is 56.3 Å². The van der Waals surface area contributed by atoms with E-state index in [1.54, 1.807) is 13.8 Å². The molecule has 31 heavy (non-hydrogen) atoms. The lowest BCUT2D eigenvalue weighted by atomic mass is 10.0. The molecule has 0 fully saturated rings. The minimum Gasteiger partial charge on any atom is -0.489 e. The van der Waals surface area contributed by atoms with Gasteiger partial charge in [-0.3, -0.25) is 14.4 Å². The van der Waals surface area contributed by atoms with Crippen LogP contribution >= 0.6 is 0 Å². The van der Waals surface area contributed by atoms with E-state index in [0.29, 0.717) is 13.0 Å². The second kappa shape index (κ2) is 11.7. The van der Waals surface area contributed by atoms with Crippen molar-refractivity contribution < 1.29 is 24.2 Å². The van der Waals surface area contributed by atoms with Crippen molar-refractivity contribution in [2.45, 2.75) is 52.3 Å². The van der Waals surface area contributed by atoms with Crippen molar-refractivity contribution >= 4 is 17.8 Å². The first-order valence-electron chi connectivity index (χ1n) is 10.3. The van der Waals surface area contributed by atoms with Gasteiger partial charge in [0.05, 0.1) is 0 Å². The van der Waals surface area contributed by atoms with Gasteiger partial charge in [0.2, 0.25) is 11.8 Å². The van der Waals surface area contributed by atoms with Crippen LogP contribution in [0, 0.1) is 5.92 Å². The highest BCUT2D eigenvalue weighted by Crippen LogP contribution is 2.15. The molecule has 0 aliphatic heterocycles. The predicted molar refractivity (Wildman–Crippen MR) is 118 cm³/mol. The van der Waals surface area contributed by atoms with Crippen molar-refractivity contribution in [3.8, 4) is 5.75 Å². The van der Waals surface area contributed by atoms with Crippen LogP contribution in [0.15, 0.2) is 54.6 Å². The molecule has 0 radical (unpaired) electrons. The Morgan fingerprint density at radius 2 is 1.55 bits per heavy atom. The Bertz CT molecular complexity index is 865. The molecule has 0 saturated carbocycles. The summed E-state index contributed by atoms with van der Waals surface area (Å²) in [4.78, 5) is 35.6. The summed E-state index contributed by atoms with van der Waals surface area (Å²) in [6.07, 6.45) is 0.734. The smallest absolute Gasteiger partial charge is 0.325 e. The number of aliphatic carboxylic acids is 1. The number of amides is 2. The standard InChI is InChI=1S/C24H30N2O5/c1-16(2)22(23(28)25-17(3)24(29)30)26-21(27)14-11-18-9-12-20(13-10-18)31-15-19-7-5-4-6-8-19/h4-10,12-13,16-17,22H,11,14-15H2,1-3H3,(H,25,28)(H,26,27)(H,29,30). The van der Waals surface area contributed by atoms with Gasteiger partial charge in [0.1, 0.15) is 24.4 Å². The highest BCUT2D eigenvalue weighted by atomic mass is 16.5. The Labute approximate surface area is 182 Å². The van der Waals surface area contributed by atoms with E-state index in [1.807, 2.05) is 54.6 Å². The van der Waals surface area contributed by atoms with E-state index in [0.717, 1.165) is 16.9 Å². The number of carbonyl (C=O) groups excluding carboxylic acids is 2. The Kier molecular flexibility index (Phi) is 9.06. The molecule has 7 heteroatoms. The Morgan fingerprint density at radius 1 is 0.903 bits per heavy atom. The maximum atomic E-state index is 12.3. The van der Waals surface area contributed by atoms with Crippen LogP contribution in [-0.2, 0) is 27.4 Å². The molecule has 0 aromatic heterocycles. The highest BCUT2D eigenvalue weighted by molar-refractivity contribution is 5.90. The van der Waals surface area contributed by atoms with Gasteiger partial charge in [-0.2, -0.15) is 0 Å². The van der Waals surface area contributed by atoms with E-state index in [-0.39, 0.29) is 18.2 Å². The zero-order valence-electron chi connectivity index (χ0n) is 18.1. The van der Waals surface area contributed by atoms with Gasteiger partial charge < -0.3 is 20.5 Å². The van der Waals surface area contributed by atoms with Crippen LogP contribution < -0.4 is 15.4 Å². The first kappa shape index (κ1) is 23.9.